The van der Waals surface area contributed by atoms with Crippen molar-refractivity contribution >= 4 is 23.1 Å². The van der Waals surface area contributed by atoms with E-state index in [1.165, 1.54) is 11.1 Å². The Balaban J connectivity index is 1.85. The van der Waals surface area contributed by atoms with Gasteiger partial charge < -0.3 is 10.6 Å². The van der Waals surface area contributed by atoms with Crippen LogP contribution in [0.3, 0.4) is 0 Å². The lowest BCUT2D eigenvalue weighted by atomic mass is 10.1. The minimum atomic E-state index is 0.481. The molecule has 0 aliphatic carbocycles. The van der Waals surface area contributed by atoms with Crippen molar-refractivity contribution < 1.29 is 0 Å². The summed E-state index contributed by atoms with van der Waals surface area (Å²) >= 11 is 0. The van der Waals surface area contributed by atoms with Crippen LogP contribution in [0, 0.1) is 20.8 Å². The number of hydrogen-bond acceptors (Lipinski definition) is 5. The predicted molar refractivity (Wildman–Crippen MR) is 103 cm³/mol. The van der Waals surface area contributed by atoms with Crippen molar-refractivity contribution in [2.45, 2.75) is 34.1 Å². The maximum absolute atomic E-state index is 4.55. The van der Waals surface area contributed by atoms with Crippen LogP contribution in [0.25, 0.3) is 0 Å². The highest BCUT2D eigenvalue weighted by Crippen LogP contribution is 2.25. The van der Waals surface area contributed by atoms with Crippen LogP contribution >= 0.6 is 0 Å². The van der Waals surface area contributed by atoms with Gasteiger partial charge in [-0.15, -0.1) is 5.10 Å². The zero-order valence-electron chi connectivity index (χ0n) is 15.1. The Kier molecular flexibility index (Phi) is 4.93. The van der Waals surface area contributed by atoms with Gasteiger partial charge in [0.25, 0.3) is 0 Å². The molecule has 0 radical (unpaired) electrons. The molecular weight excluding hydrogens is 310 g/mol. The van der Waals surface area contributed by atoms with E-state index in [1.54, 1.807) is 6.20 Å². The molecule has 2 aromatic carbocycles. The lowest BCUT2D eigenvalue weighted by Gasteiger charge is -2.13. The average Bonchev–Trinajstić information content (AvgIpc) is 2.59. The quantitative estimate of drug-likeness (QED) is 0.699. The van der Waals surface area contributed by atoms with Gasteiger partial charge in [0.15, 0.2) is 5.82 Å². The highest BCUT2D eigenvalue weighted by molar-refractivity contribution is 5.65. The van der Waals surface area contributed by atoms with Crippen molar-refractivity contribution in [1.82, 2.24) is 15.2 Å². The third kappa shape index (κ3) is 3.94. The van der Waals surface area contributed by atoms with Crippen LogP contribution in [0.4, 0.5) is 23.1 Å². The lowest BCUT2D eigenvalue weighted by Crippen LogP contribution is -2.05. The topological polar surface area (TPSA) is 62.7 Å². The van der Waals surface area contributed by atoms with Gasteiger partial charge in [-0.2, -0.15) is 10.1 Å². The number of benzene rings is 2. The molecule has 0 aliphatic heterocycles. The maximum atomic E-state index is 4.55. The fourth-order valence-electron chi connectivity index (χ4n) is 2.99. The van der Waals surface area contributed by atoms with Crippen molar-refractivity contribution in [1.29, 1.82) is 0 Å². The van der Waals surface area contributed by atoms with E-state index in [0.29, 0.717) is 11.8 Å². The number of hydrogen-bond donors (Lipinski definition) is 2. The molecule has 0 aliphatic rings. The highest BCUT2D eigenvalue weighted by Gasteiger charge is 2.08. The Labute approximate surface area is 148 Å². The summed E-state index contributed by atoms with van der Waals surface area (Å²) in [6, 6.07) is 12.5. The van der Waals surface area contributed by atoms with Crippen LogP contribution < -0.4 is 10.6 Å². The molecule has 0 bridgehead atoms. The summed E-state index contributed by atoms with van der Waals surface area (Å²) in [5, 5.41) is 14.8. The Hall–Kier alpha value is -2.95. The van der Waals surface area contributed by atoms with Crippen molar-refractivity contribution in [3.05, 3.63) is 64.8 Å². The molecule has 1 heterocycles. The number of nitrogens with zero attached hydrogens (tertiary/aromatic N) is 3. The molecule has 2 N–H and O–H groups in total. The van der Waals surface area contributed by atoms with Crippen molar-refractivity contribution in [2.24, 2.45) is 0 Å². The molecule has 0 unspecified atom stereocenters. The first kappa shape index (κ1) is 16.9. The summed E-state index contributed by atoms with van der Waals surface area (Å²) < 4.78 is 0. The van der Waals surface area contributed by atoms with Gasteiger partial charge in [0, 0.05) is 11.4 Å². The molecule has 3 aromatic rings. The van der Waals surface area contributed by atoms with Gasteiger partial charge in [-0.1, -0.05) is 42.8 Å². The SMILES string of the molecule is CCc1ccccc1Nc1cnnc(Nc2c(C)cc(C)cc2C)n1. The van der Waals surface area contributed by atoms with E-state index < -0.39 is 0 Å². The van der Waals surface area contributed by atoms with Crippen molar-refractivity contribution in [3.63, 3.8) is 0 Å². The average molecular weight is 333 g/mol. The van der Waals surface area contributed by atoms with Crippen molar-refractivity contribution in [2.75, 3.05) is 10.6 Å². The van der Waals surface area contributed by atoms with Crippen LogP contribution in [0.5, 0.6) is 0 Å². The van der Waals surface area contributed by atoms with Gasteiger partial charge in [0.2, 0.25) is 5.95 Å². The smallest absolute Gasteiger partial charge is 0.249 e. The second kappa shape index (κ2) is 7.30. The molecule has 0 saturated heterocycles. The van der Waals surface area contributed by atoms with Gasteiger partial charge in [-0.3, -0.25) is 0 Å². The first-order valence-corrected chi connectivity index (χ1v) is 8.46. The standard InChI is InChI=1S/C20H23N5/c1-5-16-8-6-7-9-17(16)22-18-12-21-25-20(23-18)24-19-14(3)10-13(2)11-15(19)4/h6-12H,5H2,1-4H3,(H2,22,23,24,25). The van der Waals surface area contributed by atoms with Gasteiger partial charge in [0.05, 0.1) is 6.20 Å². The van der Waals surface area contributed by atoms with E-state index in [2.05, 4.69) is 71.7 Å². The van der Waals surface area contributed by atoms with Crippen LogP contribution in [-0.2, 0) is 6.42 Å². The van der Waals surface area contributed by atoms with E-state index in [9.17, 15) is 0 Å². The molecule has 0 amide bonds. The lowest BCUT2D eigenvalue weighted by molar-refractivity contribution is 0.980. The first-order chi connectivity index (χ1) is 12.1. The maximum Gasteiger partial charge on any atom is 0.249 e. The zero-order chi connectivity index (χ0) is 17.8. The predicted octanol–water partition coefficient (Wildman–Crippen LogP) is 4.85. The number of aromatic nitrogens is 3. The Morgan fingerprint density at radius 2 is 1.68 bits per heavy atom. The largest absolute Gasteiger partial charge is 0.339 e. The summed E-state index contributed by atoms with van der Waals surface area (Å²) in [6.45, 7) is 8.39. The molecule has 5 heteroatoms. The Morgan fingerprint density at radius 1 is 0.960 bits per heavy atom. The fraction of sp³-hybridized carbons (Fsp3) is 0.250. The number of rotatable bonds is 5. The van der Waals surface area contributed by atoms with Crippen LogP contribution in [-0.4, -0.2) is 15.2 Å². The molecular formula is C20H23N5. The third-order valence-corrected chi connectivity index (χ3v) is 4.13. The summed E-state index contributed by atoms with van der Waals surface area (Å²) in [4.78, 5) is 4.55. The summed E-state index contributed by atoms with van der Waals surface area (Å²) in [7, 11) is 0. The van der Waals surface area contributed by atoms with Gasteiger partial charge in [-0.05, 0) is 49.9 Å². The summed E-state index contributed by atoms with van der Waals surface area (Å²) in [6.07, 6.45) is 2.58. The molecule has 128 valence electrons. The number of nitrogens with one attached hydrogen (secondary N) is 2. The van der Waals surface area contributed by atoms with Crippen LogP contribution in [0.2, 0.25) is 0 Å². The minimum Gasteiger partial charge on any atom is -0.339 e. The molecule has 0 fully saturated rings. The van der Waals surface area contributed by atoms with Gasteiger partial charge >= 0.3 is 0 Å². The second-order valence-corrected chi connectivity index (χ2v) is 6.20. The molecule has 0 atom stereocenters. The molecule has 25 heavy (non-hydrogen) atoms. The van der Waals surface area contributed by atoms with Crippen LogP contribution in [0.1, 0.15) is 29.2 Å². The summed E-state index contributed by atoms with van der Waals surface area (Å²) in [5.41, 5.74) is 6.87. The highest BCUT2D eigenvalue weighted by atomic mass is 15.3. The first-order valence-electron chi connectivity index (χ1n) is 8.46. The third-order valence-electron chi connectivity index (χ3n) is 4.13. The van der Waals surface area contributed by atoms with Crippen molar-refractivity contribution in [3.8, 4) is 0 Å². The molecule has 1 aromatic heterocycles. The fourth-order valence-corrected chi connectivity index (χ4v) is 2.99. The zero-order valence-corrected chi connectivity index (χ0v) is 15.1. The van der Waals surface area contributed by atoms with E-state index in [1.807, 2.05) is 18.2 Å². The van der Waals surface area contributed by atoms with E-state index in [0.717, 1.165) is 28.9 Å². The number of anilines is 4. The van der Waals surface area contributed by atoms with E-state index in [4.69, 9.17) is 0 Å². The Morgan fingerprint density at radius 3 is 2.40 bits per heavy atom. The molecule has 3 rings (SSSR count). The summed E-state index contributed by atoms with van der Waals surface area (Å²) in [5.74, 6) is 1.15. The van der Waals surface area contributed by atoms with E-state index in [-0.39, 0.29) is 0 Å². The molecule has 5 nitrogen and oxygen atoms in total. The normalized spacial score (nSPS) is 10.6. The molecule has 0 spiro atoms. The van der Waals surface area contributed by atoms with Gasteiger partial charge in [-0.25, -0.2) is 0 Å². The van der Waals surface area contributed by atoms with E-state index >= 15 is 0 Å². The van der Waals surface area contributed by atoms with Crippen LogP contribution in [0.15, 0.2) is 42.6 Å². The number of para-hydroxylation sites is 1. The second-order valence-electron chi connectivity index (χ2n) is 6.20. The number of aryl methyl sites for hydroxylation is 4. The minimum absolute atomic E-state index is 0.481. The molecule has 0 saturated carbocycles. The monoisotopic (exact) mass is 333 g/mol. The Bertz CT molecular complexity index is 866. The van der Waals surface area contributed by atoms with Gasteiger partial charge in [0.1, 0.15) is 0 Å².